The van der Waals surface area contributed by atoms with Gasteiger partial charge < -0.3 is 18.9 Å². The Hall–Kier alpha value is -3.64. The van der Waals surface area contributed by atoms with E-state index in [0.29, 0.717) is 48.6 Å². The van der Waals surface area contributed by atoms with Crippen molar-refractivity contribution in [3.8, 4) is 0 Å². The summed E-state index contributed by atoms with van der Waals surface area (Å²) in [6.45, 7) is 8.36. The molecule has 12 heteroatoms. The molecule has 2 aromatic carbocycles. The van der Waals surface area contributed by atoms with E-state index in [4.69, 9.17) is 18.9 Å². The van der Waals surface area contributed by atoms with E-state index in [2.05, 4.69) is 55.7 Å². The molecule has 10 nitrogen and oxygen atoms in total. The van der Waals surface area contributed by atoms with Gasteiger partial charge in [0.1, 0.15) is 0 Å². The summed E-state index contributed by atoms with van der Waals surface area (Å²) in [5.41, 5.74) is 2.20. The highest BCUT2D eigenvalue weighted by Gasteiger charge is 2.29. The van der Waals surface area contributed by atoms with Crippen molar-refractivity contribution in [1.82, 2.24) is 0 Å². The van der Waals surface area contributed by atoms with Gasteiger partial charge in [-0.05, 0) is 61.4 Å². The van der Waals surface area contributed by atoms with Crippen LogP contribution >= 0.6 is 31.9 Å². The standard InChI is InChI=1S/2C14H14BrNO4/c2*1-9-10(8-20-13(9)17)6-7-19-14(18)16-12-4-2-11(15)3-5-12/h2*2-5,10H,1,6-8H2,(H,16,18)/t2*10-/m11/s1. The van der Waals surface area contributed by atoms with Gasteiger partial charge in [-0.2, -0.15) is 0 Å². The van der Waals surface area contributed by atoms with Gasteiger partial charge in [0.15, 0.2) is 0 Å². The lowest BCUT2D eigenvalue weighted by Crippen LogP contribution is -2.16. The monoisotopic (exact) mass is 678 g/mol. The number of halogens is 2. The number of nitrogens with one attached hydrogen (secondary N) is 2. The highest BCUT2D eigenvalue weighted by Crippen LogP contribution is 2.23. The minimum atomic E-state index is -0.525. The number of anilines is 2. The number of esters is 2. The Kier molecular flexibility index (Phi) is 11.8. The SMILES string of the molecule is C=C1C(=O)OC[C@H]1CCOC(=O)Nc1ccc(Br)cc1.C=C1C(=O)OC[C@H]1CCOC(=O)Nc1ccc(Br)cc1. The van der Waals surface area contributed by atoms with Crippen LogP contribution in [0.25, 0.3) is 0 Å². The molecule has 2 saturated heterocycles. The van der Waals surface area contributed by atoms with Crippen LogP contribution < -0.4 is 10.6 Å². The molecule has 2 aliphatic heterocycles. The van der Waals surface area contributed by atoms with Crippen molar-refractivity contribution in [2.24, 2.45) is 11.8 Å². The van der Waals surface area contributed by atoms with Crippen molar-refractivity contribution in [3.05, 3.63) is 81.8 Å². The van der Waals surface area contributed by atoms with Crippen LogP contribution in [0.2, 0.25) is 0 Å². The summed E-state index contributed by atoms with van der Waals surface area (Å²) in [4.78, 5) is 45.3. The first kappa shape index (κ1) is 30.9. The molecule has 0 spiro atoms. The Balaban J connectivity index is 0.000000220. The minimum Gasteiger partial charge on any atom is -0.462 e. The molecule has 0 aliphatic carbocycles. The second-order valence-corrected chi connectivity index (χ2v) is 10.6. The molecular weight excluding hydrogens is 652 g/mol. The summed E-state index contributed by atoms with van der Waals surface area (Å²) in [5, 5.41) is 5.22. The maximum atomic E-state index is 11.6. The maximum Gasteiger partial charge on any atom is 0.411 e. The van der Waals surface area contributed by atoms with Crippen molar-refractivity contribution < 1.29 is 38.1 Å². The predicted octanol–water partition coefficient (Wildman–Crippen LogP) is 6.23. The zero-order valence-corrected chi connectivity index (χ0v) is 24.6. The topological polar surface area (TPSA) is 129 Å². The van der Waals surface area contributed by atoms with Crippen LogP contribution in [-0.4, -0.2) is 50.6 Å². The Morgan fingerprint density at radius 1 is 0.725 bits per heavy atom. The lowest BCUT2D eigenvalue weighted by atomic mass is 10.0. The maximum absolute atomic E-state index is 11.6. The quantitative estimate of drug-likeness (QED) is 0.191. The van der Waals surface area contributed by atoms with E-state index in [-0.39, 0.29) is 37.0 Å². The van der Waals surface area contributed by atoms with E-state index in [9.17, 15) is 19.2 Å². The van der Waals surface area contributed by atoms with Gasteiger partial charge in [0.05, 0.1) is 26.4 Å². The molecule has 4 rings (SSSR count). The van der Waals surface area contributed by atoms with Gasteiger partial charge in [-0.1, -0.05) is 45.0 Å². The molecule has 0 radical (unpaired) electrons. The summed E-state index contributed by atoms with van der Waals surface area (Å²) in [6.07, 6.45) is 0.00257. The van der Waals surface area contributed by atoms with Crippen molar-refractivity contribution in [3.63, 3.8) is 0 Å². The van der Waals surface area contributed by atoms with Crippen molar-refractivity contribution in [1.29, 1.82) is 0 Å². The zero-order valence-electron chi connectivity index (χ0n) is 21.5. The summed E-state index contributed by atoms with van der Waals surface area (Å²) in [7, 11) is 0. The fourth-order valence-electron chi connectivity index (χ4n) is 3.55. The van der Waals surface area contributed by atoms with E-state index >= 15 is 0 Å². The number of benzene rings is 2. The van der Waals surface area contributed by atoms with Crippen LogP contribution in [0.3, 0.4) is 0 Å². The van der Waals surface area contributed by atoms with Crippen LogP contribution in [0.4, 0.5) is 21.0 Å². The molecule has 2 N–H and O–H groups in total. The number of hydrogen-bond donors (Lipinski definition) is 2. The first-order valence-corrected chi connectivity index (χ1v) is 13.8. The number of cyclic esters (lactones) is 2. The van der Waals surface area contributed by atoms with Crippen LogP contribution in [0, 0.1) is 11.8 Å². The number of hydrogen-bond acceptors (Lipinski definition) is 8. The lowest BCUT2D eigenvalue weighted by molar-refractivity contribution is -0.136. The average molecular weight is 680 g/mol. The first-order valence-electron chi connectivity index (χ1n) is 12.2. The Bertz CT molecular complexity index is 1150. The van der Waals surface area contributed by atoms with Gasteiger partial charge in [0.2, 0.25) is 0 Å². The van der Waals surface area contributed by atoms with Crippen LogP contribution in [0.15, 0.2) is 81.8 Å². The van der Waals surface area contributed by atoms with Crippen LogP contribution in [0.1, 0.15) is 12.8 Å². The molecule has 0 saturated carbocycles. The molecular formula is C28H28Br2N2O8. The smallest absolute Gasteiger partial charge is 0.411 e. The van der Waals surface area contributed by atoms with Gasteiger partial charge in [-0.15, -0.1) is 0 Å². The molecule has 212 valence electrons. The number of rotatable bonds is 8. The highest BCUT2D eigenvalue weighted by molar-refractivity contribution is 9.10. The van der Waals surface area contributed by atoms with Crippen LogP contribution in [-0.2, 0) is 28.5 Å². The third-order valence-electron chi connectivity index (χ3n) is 5.92. The second-order valence-electron chi connectivity index (χ2n) is 8.75. The molecule has 0 bridgehead atoms. The van der Waals surface area contributed by atoms with E-state index in [1.807, 2.05) is 24.3 Å². The largest absolute Gasteiger partial charge is 0.462 e. The minimum absolute atomic E-state index is 0.0667. The van der Waals surface area contributed by atoms with Gasteiger partial charge in [0.25, 0.3) is 0 Å². The number of carbonyl (C=O) groups excluding carboxylic acids is 4. The van der Waals surface area contributed by atoms with E-state index in [1.165, 1.54) is 0 Å². The third-order valence-corrected chi connectivity index (χ3v) is 6.98. The molecule has 2 atom stereocenters. The Morgan fingerprint density at radius 3 is 1.38 bits per heavy atom. The molecule has 0 aromatic heterocycles. The summed E-state index contributed by atoms with van der Waals surface area (Å²) >= 11 is 6.62. The first-order chi connectivity index (χ1) is 19.1. The molecule has 2 aromatic rings. The second kappa shape index (κ2) is 15.2. The summed E-state index contributed by atoms with van der Waals surface area (Å²) in [5.74, 6) is -0.866. The number of carbonyl (C=O) groups is 4. The molecule has 2 heterocycles. The Morgan fingerprint density at radius 2 is 1.07 bits per heavy atom. The molecule has 40 heavy (non-hydrogen) atoms. The van der Waals surface area contributed by atoms with E-state index in [1.54, 1.807) is 24.3 Å². The summed E-state index contributed by atoms with van der Waals surface area (Å²) < 4.78 is 21.7. The van der Waals surface area contributed by atoms with E-state index < -0.39 is 12.2 Å². The normalized spacial score (nSPS) is 17.8. The van der Waals surface area contributed by atoms with Gasteiger partial charge in [-0.3, -0.25) is 10.6 Å². The van der Waals surface area contributed by atoms with E-state index in [0.717, 1.165) is 8.95 Å². The summed E-state index contributed by atoms with van der Waals surface area (Å²) in [6, 6.07) is 14.3. The van der Waals surface area contributed by atoms with Crippen LogP contribution in [0.5, 0.6) is 0 Å². The molecule has 2 amide bonds. The van der Waals surface area contributed by atoms with Gasteiger partial charge >= 0.3 is 24.1 Å². The third kappa shape index (κ3) is 9.83. The van der Waals surface area contributed by atoms with Crippen molar-refractivity contribution in [2.75, 3.05) is 37.1 Å². The molecule has 2 aliphatic rings. The fourth-order valence-corrected chi connectivity index (χ4v) is 4.08. The van der Waals surface area contributed by atoms with Crippen molar-refractivity contribution >= 4 is 67.4 Å². The average Bonchev–Trinajstić information content (AvgIpc) is 3.42. The Labute approximate surface area is 248 Å². The fraction of sp³-hybridized carbons (Fsp3) is 0.286. The van der Waals surface area contributed by atoms with Crippen molar-refractivity contribution in [2.45, 2.75) is 12.8 Å². The predicted molar refractivity (Wildman–Crippen MR) is 155 cm³/mol. The number of amides is 2. The highest BCUT2D eigenvalue weighted by atomic mass is 79.9. The zero-order chi connectivity index (χ0) is 29.1. The lowest BCUT2D eigenvalue weighted by Gasteiger charge is -2.09. The molecule has 0 unspecified atom stereocenters. The number of ether oxygens (including phenoxy) is 4. The molecule has 2 fully saturated rings. The van der Waals surface area contributed by atoms with Gasteiger partial charge in [0, 0.05) is 43.3 Å². The van der Waals surface area contributed by atoms with Gasteiger partial charge in [-0.25, -0.2) is 19.2 Å².